The molecule has 3 rings (SSSR count). The molecule has 0 aromatic heterocycles. The number of ether oxygens (including phenoxy) is 4. The van der Waals surface area contributed by atoms with Crippen molar-refractivity contribution in [2.45, 2.75) is 19.4 Å². The number of thiol groups is 1. The Hall–Kier alpha value is -3.07. The number of anilines is 1. The second-order valence-electron chi connectivity index (χ2n) is 6.76. The molecule has 9 heteroatoms. The van der Waals surface area contributed by atoms with Crippen molar-refractivity contribution in [1.29, 1.82) is 0 Å². The number of nitrogens with one attached hydrogen (secondary N) is 1. The maximum Gasteiger partial charge on any atom is 0.412 e. The summed E-state index contributed by atoms with van der Waals surface area (Å²) in [5.74, 6) is 0.697. The smallest absolute Gasteiger partial charge is 0.412 e. The number of aromatic hydroxyl groups is 1. The number of rotatable bonds is 8. The summed E-state index contributed by atoms with van der Waals surface area (Å²) in [6, 6.07) is 11.5. The van der Waals surface area contributed by atoms with Gasteiger partial charge in [0.05, 0.1) is 12.4 Å². The summed E-state index contributed by atoms with van der Waals surface area (Å²) < 4.78 is 21.3. The molecule has 1 aliphatic rings. The molecule has 0 saturated carbocycles. The van der Waals surface area contributed by atoms with Crippen LogP contribution in [0.15, 0.2) is 42.5 Å². The van der Waals surface area contributed by atoms with Gasteiger partial charge in [-0.05, 0) is 36.2 Å². The highest BCUT2D eigenvalue weighted by Crippen LogP contribution is 2.35. The Balaban J connectivity index is 1.67. The first kappa shape index (κ1) is 21.6. The maximum absolute atomic E-state index is 12.5. The van der Waals surface area contributed by atoms with Gasteiger partial charge in [0.25, 0.3) is 0 Å². The SMILES string of the molecule is C[C@@H](CCOC(=O)CS)[C@H](OC(=O)Nc1ccc2c(c1)OCO2)c1ccc(O)cc1. The molecule has 2 aromatic rings. The maximum atomic E-state index is 12.5. The summed E-state index contributed by atoms with van der Waals surface area (Å²) in [7, 11) is 0. The summed E-state index contributed by atoms with van der Waals surface area (Å²) in [6.07, 6.45) is -0.789. The van der Waals surface area contributed by atoms with Gasteiger partial charge in [0.15, 0.2) is 11.5 Å². The average molecular weight is 433 g/mol. The highest BCUT2D eigenvalue weighted by atomic mass is 32.1. The van der Waals surface area contributed by atoms with Crippen molar-refractivity contribution in [1.82, 2.24) is 0 Å². The van der Waals surface area contributed by atoms with Crippen LogP contribution in [0.25, 0.3) is 0 Å². The van der Waals surface area contributed by atoms with Crippen LogP contribution in [0.1, 0.15) is 25.0 Å². The van der Waals surface area contributed by atoms with E-state index in [1.807, 2.05) is 6.92 Å². The quantitative estimate of drug-likeness (QED) is 0.428. The highest BCUT2D eigenvalue weighted by Gasteiger charge is 2.25. The van der Waals surface area contributed by atoms with Gasteiger partial charge in [-0.1, -0.05) is 19.1 Å². The number of phenolic OH excluding ortho intramolecular Hbond substituents is 1. The molecule has 1 aliphatic heterocycles. The van der Waals surface area contributed by atoms with Crippen LogP contribution in [0.2, 0.25) is 0 Å². The van der Waals surface area contributed by atoms with E-state index in [0.29, 0.717) is 29.2 Å². The lowest BCUT2D eigenvalue weighted by Gasteiger charge is -2.25. The molecule has 0 spiro atoms. The van der Waals surface area contributed by atoms with Crippen molar-refractivity contribution >= 4 is 30.4 Å². The Kier molecular flexibility index (Phi) is 7.29. The van der Waals surface area contributed by atoms with Gasteiger partial charge in [-0.2, -0.15) is 12.6 Å². The van der Waals surface area contributed by atoms with Crippen LogP contribution in [-0.4, -0.2) is 36.3 Å². The van der Waals surface area contributed by atoms with Crippen LogP contribution >= 0.6 is 12.6 Å². The molecule has 30 heavy (non-hydrogen) atoms. The van der Waals surface area contributed by atoms with Gasteiger partial charge in [-0.25, -0.2) is 4.79 Å². The highest BCUT2D eigenvalue weighted by molar-refractivity contribution is 7.81. The van der Waals surface area contributed by atoms with Gasteiger partial charge in [-0.3, -0.25) is 10.1 Å². The van der Waals surface area contributed by atoms with E-state index in [4.69, 9.17) is 18.9 Å². The number of carbonyl (C=O) groups is 2. The molecule has 0 radical (unpaired) electrons. The molecular weight excluding hydrogens is 410 g/mol. The lowest BCUT2D eigenvalue weighted by atomic mass is 9.94. The van der Waals surface area contributed by atoms with Gasteiger partial charge >= 0.3 is 12.1 Å². The van der Waals surface area contributed by atoms with Crippen LogP contribution in [0.3, 0.4) is 0 Å². The second kappa shape index (κ2) is 10.1. The minimum atomic E-state index is -0.647. The number of hydrogen-bond acceptors (Lipinski definition) is 8. The molecule has 0 aliphatic carbocycles. The molecule has 1 heterocycles. The fraction of sp³-hybridized carbons (Fsp3) is 0.333. The van der Waals surface area contributed by atoms with Crippen molar-refractivity contribution in [3.8, 4) is 17.2 Å². The summed E-state index contributed by atoms with van der Waals surface area (Å²) in [5.41, 5.74) is 1.21. The molecule has 2 atom stereocenters. The van der Waals surface area contributed by atoms with Gasteiger partial charge in [0, 0.05) is 17.7 Å². The van der Waals surface area contributed by atoms with E-state index in [9.17, 15) is 14.7 Å². The predicted molar refractivity (Wildman–Crippen MR) is 112 cm³/mol. The Morgan fingerprint density at radius 2 is 1.90 bits per heavy atom. The van der Waals surface area contributed by atoms with E-state index in [2.05, 4.69) is 17.9 Å². The molecule has 0 bridgehead atoms. The van der Waals surface area contributed by atoms with Crippen LogP contribution in [0, 0.1) is 5.92 Å². The summed E-state index contributed by atoms with van der Waals surface area (Å²) in [4.78, 5) is 23.8. The minimum absolute atomic E-state index is 0.00418. The molecule has 0 fully saturated rings. The summed E-state index contributed by atoms with van der Waals surface area (Å²) >= 11 is 3.87. The number of carbonyl (C=O) groups excluding carboxylic acids is 2. The van der Waals surface area contributed by atoms with E-state index in [1.54, 1.807) is 30.3 Å². The number of phenols is 1. The van der Waals surface area contributed by atoms with E-state index in [-0.39, 0.29) is 30.8 Å². The largest absolute Gasteiger partial charge is 0.508 e. The third kappa shape index (κ3) is 5.73. The minimum Gasteiger partial charge on any atom is -0.508 e. The molecule has 8 nitrogen and oxygen atoms in total. The van der Waals surface area contributed by atoms with Crippen molar-refractivity contribution in [3.05, 3.63) is 48.0 Å². The predicted octanol–water partition coefficient (Wildman–Crippen LogP) is 3.91. The van der Waals surface area contributed by atoms with Crippen molar-refractivity contribution in [2.24, 2.45) is 5.92 Å². The number of fused-ring (bicyclic) bond motifs is 1. The number of esters is 1. The lowest BCUT2D eigenvalue weighted by molar-refractivity contribution is -0.141. The first-order chi connectivity index (χ1) is 14.5. The van der Waals surface area contributed by atoms with Crippen molar-refractivity contribution in [2.75, 3.05) is 24.5 Å². The standard InChI is InChI=1S/C21H23NO7S/c1-13(8-9-26-19(24)11-30)20(14-2-5-16(23)6-3-14)29-21(25)22-15-4-7-17-18(10-15)28-12-27-17/h2-7,10,13,20,23,30H,8-9,11-12H2,1H3,(H,22,25)/t13-,20-/m0/s1. The zero-order valence-electron chi connectivity index (χ0n) is 16.4. The van der Waals surface area contributed by atoms with Crippen LogP contribution in [-0.2, 0) is 14.3 Å². The lowest BCUT2D eigenvalue weighted by Crippen LogP contribution is -2.23. The number of amides is 1. The zero-order valence-corrected chi connectivity index (χ0v) is 17.3. The van der Waals surface area contributed by atoms with E-state index < -0.39 is 18.2 Å². The fourth-order valence-electron chi connectivity index (χ4n) is 2.97. The summed E-state index contributed by atoms with van der Waals surface area (Å²) in [5, 5.41) is 12.2. The Bertz CT molecular complexity index is 887. The molecule has 0 unspecified atom stereocenters. The third-order valence-electron chi connectivity index (χ3n) is 4.56. The number of hydrogen-bond donors (Lipinski definition) is 3. The monoisotopic (exact) mass is 433 g/mol. The number of benzene rings is 2. The first-order valence-corrected chi connectivity index (χ1v) is 10.0. The van der Waals surface area contributed by atoms with E-state index in [1.165, 1.54) is 12.1 Å². The Morgan fingerprint density at radius 3 is 2.63 bits per heavy atom. The van der Waals surface area contributed by atoms with Crippen LogP contribution in [0.5, 0.6) is 17.2 Å². The van der Waals surface area contributed by atoms with Crippen LogP contribution in [0.4, 0.5) is 10.5 Å². The van der Waals surface area contributed by atoms with Gasteiger partial charge < -0.3 is 24.1 Å². The normalized spacial score (nSPS) is 13.9. The fourth-order valence-corrected chi connectivity index (χ4v) is 3.06. The topological polar surface area (TPSA) is 103 Å². The van der Waals surface area contributed by atoms with E-state index >= 15 is 0 Å². The van der Waals surface area contributed by atoms with Crippen LogP contribution < -0.4 is 14.8 Å². The Labute approximate surface area is 179 Å². The molecule has 0 saturated heterocycles. The van der Waals surface area contributed by atoms with Gasteiger partial charge in [0.2, 0.25) is 6.79 Å². The molecular formula is C21H23NO7S. The summed E-state index contributed by atoms with van der Waals surface area (Å²) in [6.45, 7) is 2.21. The molecule has 2 aromatic carbocycles. The first-order valence-electron chi connectivity index (χ1n) is 9.39. The van der Waals surface area contributed by atoms with Gasteiger partial charge in [-0.15, -0.1) is 0 Å². The van der Waals surface area contributed by atoms with Gasteiger partial charge in [0.1, 0.15) is 11.9 Å². The third-order valence-corrected chi connectivity index (χ3v) is 4.81. The Morgan fingerprint density at radius 1 is 1.17 bits per heavy atom. The molecule has 160 valence electrons. The van der Waals surface area contributed by atoms with E-state index in [0.717, 1.165) is 0 Å². The zero-order chi connectivity index (χ0) is 21.5. The average Bonchev–Trinajstić information content (AvgIpc) is 3.20. The second-order valence-corrected chi connectivity index (χ2v) is 7.07. The molecule has 2 N–H and O–H groups in total. The van der Waals surface area contributed by atoms with Crippen molar-refractivity contribution in [3.63, 3.8) is 0 Å². The van der Waals surface area contributed by atoms with Crippen molar-refractivity contribution < 1.29 is 33.6 Å². The molecule has 1 amide bonds.